The molecule has 0 unspecified atom stereocenters. The summed E-state index contributed by atoms with van der Waals surface area (Å²) in [5, 5.41) is 6.48. The van der Waals surface area contributed by atoms with Crippen LogP contribution in [0.3, 0.4) is 0 Å². The van der Waals surface area contributed by atoms with Crippen LogP contribution in [0.1, 0.15) is 47.0 Å². The SMILES string of the molecule is CCCc1ccccc1NC1CCN(S(=O)(=O)c2ccc(CNC(=O)c3cccc(OC)c3)s2)CC1. The Morgan fingerprint density at radius 3 is 2.61 bits per heavy atom. The van der Waals surface area contributed by atoms with Gasteiger partial charge in [-0.1, -0.05) is 37.6 Å². The van der Waals surface area contributed by atoms with Crippen molar-refractivity contribution in [3.63, 3.8) is 0 Å². The number of methoxy groups -OCH3 is 1. The van der Waals surface area contributed by atoms with Crippen molar-refractivity contribution < 1.29 is 17.9 Å². The van der Waals surface area contributed by atoms with Gasteiger partial charge in [-0.15, -0.1) is 11.3 Å². The molecule has 0 atom stereocenters. The predicted molar refractivity (Wildman–Crippen MR) is 144 cm³/mol. The Bertz CT molecular complexity index is 1280. The lowest BCUT2D eigenvalue weighted by molar-refractivity contribution is 0.0951. The van der Waals surface area contributed by atoms with E-state index in [1.54, 1.807) is 47.8 Å². The van der Waals surface area contributed by atoms with Crippen molar-refractivity contribution in [2.45, 2.75) is 49.4 Å². The van der Waals surface area contributed by atoms with Crippen molar-refractivity contribution >= 4 is 33.0 Å². The molecule has 0 saturated carbocycles. The highest BCUT2D eigenvalue weighted by molar-refractivity contribution is 7.91. The Kier molecular flexibility index (Phi) is 8.66. The van der Waals surface area contributed by atoms with Crippen LogP contribution in [0, 0.1) is 0 Å². The fourth-order valence-corrected chi connectivity index (χ4v) is 7.28. The first kappa shape index (κ1) is 26.2. The maximum absolute atomic E-state index is 13.2. The Balaban J connectivity index is 1.32. The molecule has 1 aromatic heterocycles. The number of hydrogen-bond donors (Lipinski definition) is 2. The second-order valence-corrected chi connectivity index (χ2v) is 12.2. The van der Waals surface area contributed by atoms with E-state index in [1.165, 1.54) is 16.9 Å². The average molecular weight is 528 g/mol. The minimum absolute atomic E-state index is 0.234. The predicted octanol–water partition coefficient (Wildman–Crippen LogP) is 4.90. The van der Waals surface area contributed by atoms with Crippen LogP contribution in [-0.4, -0.2) is 44.9 Å². The molecule has 0 spiro atoms. The van der Waals surface area contributed by atoms with E-state index in [9.17, 15) is 13.2 Å². The van der Waals surface area contributed by atoms with Gasteiger partial charge in [0, 0.05) is 35.3 Å². The third-order valence-corrected chi connectivity index (χ3v) is 9.79. The largest absolute Gasteiger partial charge is 0.497 e. The van der Waals surface area contributed by atoms with E-state index < -0.39 is 10.0 Å². The number of thiophene rings is 1. The number of piperidine rings is 1. The highest BCUT2D eigenvalue weighted by Gasteiger charge is 2.30. The zero-order valence-electron chi connectivity index (χ0n) is 20.7. The van der Waals surface area contributed by atoms with Crippen molar-refractivity contribution in [2.75, 3.05) is 25.5 Å². The van der Waals surface area contributed by atoms with Crippen LogP contribution < -0.4 is 15.4 Å². The third kappa shape index (κ3) is 6.27. The molecule has 2 aromatic carbocycles. The van der Waals surface area contributed by atoms with E-state index in [-0.39, 0.29) is 18.5 Å². The molecule has 0 bridgehead atoms. The van der Waals surface area contributed by atoms with E-state index in [0.29, 0.717) is 28.6 Å². The van der Waals surface area contributed by atoms with Gasteiger partial charge >= 0.3 is 0 Å². The normalized spacial score (nSPS) is 14.9. The average Bonchev–Trinajstić information content (AvgIpc) is 3.39. The summed E-state index contributed by atoms with van der Waals surface area (Å²) in [7, 11) is -2.01. The van der Waals surface area contributed by atoms with Gasteiger partial charge in [-0.2, -0.15) is 4.31 Å². The number of aryl methyl sites for hydroxylation is 1. The molecular weight excluding hydrogens is 494 g/mol. The number of amides is 1. The van der Waals surface area contributed by atoms with E-state index in [0.717, 1.165) is 36.2 Å². The number of carbonyl (C=O) groups excluding carboxylic acids is 1. The van der Waals surface area contributed by atoms with E-state index in [2.05, 4.69) is 35.8 Å². The van der Waals surface area contributed by atoms with Gasteiger partial charge in [0.2, 0.25) is 0 Å². The highest BCUT2D eigenvalue weighted by atomic mass is 32.2. The molecule has 2 N–H and O–H groups in total. The molecule has 1 aliphatic rings. The molecule has 36 heavy (non-hydrogen) atoms. The minimum atomic E-state index is -3.56. The summed E-state index contributed by atoms with van der Waals surface area (Å²) in [5.74, 6) is 0.373. The molecule has 1 aliphatic heterocycles. The lowest BCUT2D eigenvalue weighted by Crippen LogP contribution is -2.42. The zero-order valence-corrected chi connectivity index (χ0v) is 22.3. The van der Waals surface area contributed by atoms with Crippen LogP contribution >= 0.6 is 11.3 Å². The molecule has 9 heteroatoms. The first-order chi connectivity index (χ1) is 17.4. The summed E-state index contributed by atoms with van der Waals surface area (Å²) < 4.78 is 33.6. The third-order valence-electron chi connectivity index (χ3n) is 6.34. The van der Waals surface area contributed by atoms with Crippen molar-refractivity contribution in [1.82, 2.24) is 9.62 Å². The summed E-state index contributed by atoms with van der Waals surface area (Å²) in [6.07, 6.45) is 3.63. The number of ether oxygens (including phenoxy) is 1. The first-order valence-electron chi connectivity index (χ1n) is 12.3. The summed E-state index contributed by atoms with van der Waals surface area (Å²) in [4.78, 5) is 13.2. The molecule has 1 saturated heterocycles. The second kappa shape index (κ2) is 11.9. The van der Waals surface area contributed by atoms with E-state index in [1.807, 2.05) is 6.07 Å². The molecule has 4 rings (SSSR count). The smallest absolute Gasteiger partial charge is 0.252 e. The van der Waals surface area contributed by atoms with Crippen molar-refractivity contribution in [2.24, 2.45) is 0 Å². The quantitative estimate of drug-likeness (QED) is 0.391. The molecule has 0 aliphatic carbocycles. The molecule has 7 nitrogen and oxygen atoms in total. The van der Waals surface area contributed by atoms with Crippen LogP contribution in [0.5, 0.6) is 5.75 Å². The maximum Gasteiger partial charge on any atom is 0.252 e. The highest BCUT2D eigenvalue weighted by Crippen LogP contribution is 2.28. The zero-order chi connectivity index (χ0) is 25.5. The number of anilines is 1. The number of para-hydroxylation sites is 1. The molecule has 3 aromatic rings. The van der Waals surface area contributed by atoms with Crippen molar-refractivity contribution in [1.29, 1.82) is 0 Å². The Labute approximate surface area is 217 Å². The standard InChI is InChI=1S/C27H33N3O4S2/c1-3-7-20-8-4-5-11-25(20)29-22-14-16-30(17-15-22)36(32,33)26-13-12-24(35-26)19-28-27(31)21-9-6-10-23(18-21)34-2/h4-6,8-13,18,22,29H,3,7,14-17,19H2,1-2H3,(H,28,31). The lowest BCUT2D eigenvalue weighted by Gasteiger charge is -2.32. The summed E-state index contributed by atoms with van der Waals surface area (Å²) in [5.41, 5.74) is 2.95. The minimum Gasteiger partial charge on any atom is -0.497 e. The Hall–Kier alpha value is -2.88. The monoisotopic (exact) mass is 527 g/mol. The molecule has 1 fully saturated rings. The van der Waals surface area contributed by atoms with Crippen LogP contribution in [0.25, 0.3) is 0 Å². The number of rotatable bonds is 10. The van der Waals surface area contributed by atoms with Gasteiger partial charge in [0.1, 0.15) is 9.96 Å². The number of nitrogens with one attached hydrogen (secondary N) is 2. The molecule has 192 valence electrons. The molecule has 1 amide bonds. The van der Waals surface area contributed by atoms with Gasteiger partial charge in [-0.25, -0.2) is 8.42 Å². The van der Waals surface area contributed by atoms with Gasteiger partial charge in [-0.3, -0.25) is 4.79 Å². The first-order valence-corrected chi connectivity index (χ1v) is 14.5. The van der Waals surface area contributed by atoms with Gasteiger partial charge in [0.15, 0.2) is 0 Å². The molecule has 0 radical (unpaired) electrons. The van der Waals surface area contributed by atoms with E-state index in [4.69, 9.17) is 4.74 Å². The Morgan fingerprint density at radius 2 is 1.86 bits per heavy atom. The summed E-state index contributed by atoms with van der Waals surface area (Å²) >= 11 is 1.20. The fraction of sp³-hybridized carbons (Fsp3) is 0.370. The van der Waals surface area contributed by atoms with Crippen LogP contribution in [0.4, 0.5) is 5.69 Å². The number of benzene rings is 2. The van der Waals surface area contributed by atoms with Crippen LogP contribution in [0.2, 0.25) is 0 Å². The molecular formula is C27H33N3O4S2. The van der Waals surface area contributed by atoms with Crippen molar-refractivity contribution in [3.05, 3.63) is 76.7 Å². The number of nitrogens with zero attached hydrogens (tertiary/aromatic N) is 1. The number of carbonyl (C=O) groups is 1. The van der Waals surface area contributed by atoms with Gasteiger partial charge < -0.3 is 15.4 Å². The van der Waals surface area contributed by atoms with Gasteiger partial charge in [-0.05, 0) is 61.2 Å². The van der Waals surface area contributed by atoms with Gasteiger partial charge in [0.25, 0.3) is 15.9 Å². The number of hydrogen-bond acceptors (Lipinski definition) is 6. The second-order valence-electron chi connectivity index (χ2n) is 8.87. The van der Waals surface area contributed by atoms with E-state index >= 15 is 0 Å². The lowest BCUT2D eigenvalue weighted by atomic mass is 10.0. The number of sulfonamides is 1. The topological polar surface area (TPSA) is 87.7 Å². The maximum atomic E-state index is 13.2. The Morgan fingerprint density at radius 1 is 1.08 bits per heavy atom. The van der Waals surface area contributed by atoms with Crippen LogP contribution in [0.15, 0.2) is 64.9 Å². The fourth-order valence-electron chi connectivity index (χ4n) is 4.36. The van der Waals surface area contributed by atoms with Crippen molar-refractivity contribution in [3.8, 4) is 5.75 Å². The summed E-state index contributed by atoms with van der Waals surface area (Å²) in [6, 6.07) is 18.9. The summed E-state index contributed by atoms with van der Waals surface area (Å²) in [6.45, 7) is 3.40. The van der Waals surface area contributed by atoms with Gasteiger partial charge in [0.05, 0.1) is 13.7 Å². The van der Waals surface area contributed by atoms with Crippen LogP contribution in [-0.2, 0) is 23.0 Å². The molecule has 2 heterocycles.